The second-order valence-electron chi connectivity index (χ2n) is 17.0. The molecule has 52 heavy (non-hydrogen) atoms. The largest absolute Gasteiger partial charge is 0.608 e. The molecule has 4 rings (SSSR count). The maximum Gasteiger partial charge on any atom is 0.394 e. The van der Waals surface area contributed by atoms with Gasteiger partial charge in [0.05, 0.1) is 26.4 Å². The van der Waals surface area contributed by atoms with Crippen LogP contribution in [0.5, 0.6) is 0 Å². The average molecular weight is 764 g/mol. The van der Waals surface area contributed by atoms with E-state index < -0.39 is 43.2 Å². The number of allylic oxidation sites excluding steroid dienone is 1. The standard InChI is InChI=1S/C43H67O6Si3/c1-34(2)52(35(3)4,29-21-28-50(6,7)8)49(51(9,10)11)42-41(47-32-38-26-19-14-20-27-38)40(46-31-37-24-17-13-18-25-37)39(48-43(42)44-5)33-45-30-36-22-15-12-16-23-36/h12-27,29,34-35,39-43H,28,30-33H2,1-11H3/q+1/b29-21+/t39-,40-,41+,42+,43+/m1/s1. The summed E-state index contributed by atoms with van der Waals surface area (Å²) in [5.41, 5.74) is 6.81. The molecule has 5 atom stereocenters. The van der Waals surface area contributed by atoms with Gasteiger partial charge < -0.3 is 27.4 Å². The first-order chi connectivity index (χ1) is 24.7. The van der Waals surface area contributed by atoms with Crippen LogP contribution in [0.15, 0.2) is 103 Å². The summed E-state index contributed by atoms with van der Waals surface area (Å²) in [6, 6.07) is 32.3. The molecule has 9 heteroatoms. The SMILES string of the molecule is CO[C@H]1O[C@H](COCc2ccccc2)[C@@H](OCc2ccccc2)[C@H](OCc2ccccc2)[C@@H]1[O+]([Si](C)(C)C)[Si](/C=C/C[Si](C)(C)C)(C(C)C)C(C)C. The van der Waals surface area contributed by atoms with E-state index >= 15 is 0 Å². The highest BCUT2D eigenvalue weighted by atomic mass is 28.4. The Morgan fingerprint density at radius 3 is 1.56 bits per heavy atom. The van der Waals surface area contributed by atoms with Crippen LogP contribution in [0.2, 0.25) is 56.4 Å². The number of benzene rings is 3. The van der Waals surface area contributed by atoms with E-state index in [9.17, 15) is 0 Å². The Balaban J connectivity index is 1.86. The Labute approximate surface area is 318 Å². The van der Waals surface area contributed by atoms with Crippen LogP contribution in [0, 0.1) is 0 Å². The van der Waals surface area contributed by atoms with E-state index in [1.807, 2.05) is 30.3 Å². The van der Waals surface area contributed by atoms with Gasteiger partial charge in [-0.05, 0) is 28.4 Å². The summed E-state index contributed by atoms with van der Waals surface area (Å²) in [6.45, 7) is 26.1. The Hall–Kier alpha value is -2.19. The molecule has 0 amide bonds. The van der Waals surface area contributed by atoms with Crippen molar-refractivity contribution in [1.82, 2.24) is 0 Å². The molecule has 1 heterocycles. The zero-order chi connectivity index (χ0) is 37.9. The highest BCUT2D eigenvalue weighted by molar-refractivity contribution is 6.91. The van der Waals surface area contributed by atoms with Gasteiger partial charge in [-0.15, -0.1) is 0 Å². The maximum atomic E-state index is 7.22. The number of rotatable bonds is 19. The van der Waals surface area contributed by atoms with E-state index in [1.54, 1.807) is 7.11 Å². The first kappa shape index (κ1) is 42.6. The van der Waals surface area contributed by atoms with Crippen molar-refractivity contribution >= 4 is 24.7 Å². The van der Waals surface area contributed by atoms with Crippen LogP contribution in [0.3, 0.4) is 0 Å². The van der Waals surface area contributed by atoms with Gasteiger partial charge in [0.2, 0.25) is 6.29 Å². The lowest BCUT2D eigenvalue weighted by molar-refractivity contribution is -0.323. The van der Waals surface area contributed by atoms with Gasteiger partial charge in [-0.1, -0.05) is 144 Å². The minimum atomic E-state index is -2.49. The Morgan fingerprint density at radius 1 is 0.673 bits per heavy atom. The van der Waals surface area contributed by atoms with Gasteiger partial charge in [0.15, 0.2) is 12.2 Å². The number of methoxy groups -OCH3 is 1. The van der Waals surface area contributed by atoms with Gasteiger partial charge in [-0.25, -0.2) is 0 Å². The van der Waals surface area contributed by atoms with Crippen LogP contribution >= 0.6 is 0 Å². The minimum absolute atomic E-state index is 0.278. The molecule has 1 saturated heterocycles. The van der Waals surface area contributed by atoms with E-state index in [0.717, 1.165) is 22.7 Å². The molecule has 0 saturated carbocycles. The van der Waals surface area contributed by atoms with Crippen molar-refractivity contribution in [2.45, 2.75) is 135 Å². The lowest BCUT2D eigenvalue weighted by Crippen LogP contribution is -2.73. The van der Waals surface area contributed by atoms with Crippen molar-refractivity contribution in [3.05, 3.63) is 119 Å². The molecule has 3 aromatic carbocycles. The van der Waals surface area contributed by atoms with Crippen LogP contribution in [0.25, 0.3) is 0 Å². The normalized spacial score (nSPS) is 21.8. The molecule has 286 valence electrons. The first-order valence-corrected chi connectivity index (χ1v) is 28.4. The van der Waals surface area contributed by atoms with Gasteiger partial charge in [-0.3, -0.25) is 0 Å². The smallest absolute Gasteiger partial charge is 0.394 e. The summed E-state index contributed by atoms with van der Waals surface area (Å²) in [6.07, 6.45) is 0.427. The lowest BCUT2D eigenvalue weighted by atomic mass is 9.98. The van der Waals surface area contributed by atoms with Crippen molar-refractivity contribution in [2.75, 3.05) is 13.7 Å². The molecule has 1 aliphatic heterocycles. The maximum absolute atomic E-state index is 7.22. The average Bonchev–Trinajstić information content (AvgIpc) is 3.10. The van der Waals surface area contributed by atoms with E-state index in [1.165, 1.54) is 0 Å². The molecule has 0 N–H and O–H groups in total. The van der Waals surface area contributed by atoms with Crippen LogP contribution in [0.4, 0.5) is 0 Å². The third kappa shape index (κ3) is 11.4. The predicted molar refractivity (Wildman–Crippen MR) is 223 cm³/mol. The van der Waals surface area contributed by atoms with Gasteiger partial charge in [0.25, 0.3) is 0 Å². The molecule has 0 unspecified atom stereocenters. The monoisotopic (exact) mass is 763 g/mol. The summed E-state index contributed by atoms with van der Waals surface area (Å²) in [4.78, 5) is 0. The third-order valence-corrected chi connectivity index (χ3v) is 21.4. The zero-order valence-corrected chi connectivity index (χ0v) is 36.8. The second-order valence-corrected chi connectivity index (χ2v) is 32.4. The molecular formula is C43H67O6Si3+. The quantitative estimate of drug-likeness (QED) is 0.0899. The fourth-order valence-electron chi connectivity index (χ4n) is 7.65. The van der Waals surface area contributed by atoms with E-state index in [2.05, 4.69) is 143 Å². The lowest BCUT2D eigenvalue weighted by Gasteiger charge is -2.58. The highest BCUT2D eigenvalue weighted by Crippen LogP contribution is 2.48. The molecule has 0 bridgehead atoms. The summed E-state index contributed by atoms with van der Waals surface area (Å²) >= 11 is 0. The Kier molecular flexibility index (Phi) is 15.9. The molecule has 3 aromatic rings. The summed E-state index contributed by atoms with van der Waals surface area (Å²) in [7, 11) is -4.24. The molecule has 0 spiro atoms. The fourth-order valence-corrected chi connectivity index (χ4v) is 20.1. The van der Waals surface area contributed by atoms with Gasteiger partial charge in [-0.2, -0.15) is 0 Å². The van der Waals surface area contributed by atoms with Crippen LogP contribution in [-0.4, -0.2) is 69.1 Å². The first-order valence-electron chi connectivity index (χ1n) is 19.2. The highest BCUT2D eigenvalue weighted by Gasteiger charge is 2.65. The molecule has 6 nitrogen and oxygen atoms in total. The van der Waals surface area contributed by atoms with Crippen LogP contribution in [-0.2, 0) is 47.3 Å². The number of hydrogen-bond acceptors (Lipinski definition) is 5. The Morgan fingerprint density at radius 2 is 1.13 bits per heavy atom. The fraction of sp³-hybridized carbons (Fsp3) is 0.535. The topological polar surface area (TPSA) is 48.9 Å². The molecule has 1 fully saturated rings. The van der Waals surface area contributed by atoms with E-state index in [-0.39, 0.29) is 12.2 Å². The van der Waals surface area contributed by atoms with Crippen molar-refractivity contribution < 1.29 is 27.4 Å². The van der Waals surface area contributed by atoms with Gasteiger partial charge in [0.1, 0.15) is 12.2 Å². The van der Waals surface area contributed by atoms with Crippen molar-refractivity contribution in [3.8, 4) is 0 Å². The number of ether oxygens (including phenoxy) is 5. The third-order valence-electron chi connectivity index (χ3n) is 10.0. The van der Waals surface area contributed by atoms with Crippen molar-refractivity contribution in [1.29, 1.82) is 0 Å². The minimum Gasteiger partial charge on any atom is -0.608 e. The number of hydrogen-bond donors (Lipinski definition) is 0. The van der Waals surface area contributed by atoms with Crippen LogP contribution < -0.4 is 0 Å². The van der Waals surface area contributed by atoms with Crippen molar-refractivity contribution in [2.24, 2.45) is 0 Å². The molecule has 0 aromatic heterocycles. The van der Waals surface area contributed by atoms with Crippen LogP contribution in [0.1, 0.15) is 44.4 Å². The van der Waals surface area contributed by atoms with E-state index in [4.69, 9.17) is 23.7 Å². The predicted octanol–water partition coefficient (Wildman–Crippen LogP) is 10.7. The molecule has 0 radical (unpaired) electrons. The molecule has 1 aliphatic rings. The van der Waals surface area contributed by atoms with Gasteiger partial charge in [0, 0.05) is 45.9 Å². The summed E-state index contributed by atoms with van der Waals surface area (Å²) in [5, 5.41) is 0. The Bertz CT molecular complexity index is 1470. The summed E-state index contributed by atoms with van der Waals surface area (Å²) in [5.74, 6) is 0. The van der Waals surface area contributed by atoms with Gasteiger partial charge >= 0.3 is 16.6 Å². The molecular weight excluding hydrogens is 697 g/mol. The molecule has 0 aliphatic carbocycles. The summed E-state index contributed by atoms with van der Waals surface area (Å²) < 4.78 is 38.4. The van der Waals surface area contributed by atoms with E-state index in [0.29, 0.717) is 37.5 Å². The second kappa shape index (κ2) is 19.4. The van der Waals surface area contributed by atoms with Crippen molar-refractivity contribution in [3.63, 3.8) is 0 Å². The zero-order valence-electron chi connectivity index (χ0n) is 33.8.